The summed E-state index contributed by atoms with van der Waals surface area (Å²) in [6.45, 7) is 9.93. The predicted molar refractivity (Wildman–Crippen MR) is 116 cm³/mol. The molecule has 1 unspecified atom stereocenters. The van der Waals surface area contributed by atoms with Crippen molar-refractivity contribution in [3.8, 4) is 0 Å². The average Bonchev–Trinajstić information content (AvgIpc) is 2.68. The first-order valence-corrected chi connectivity index (χ1v) is 10.5. The van der Waals surface area contributed by atoms with Crippen LogP contribution in [0.25, 0.3) is 0 Å². The quantitative estimate of drug-likeness (QED) is 0.777. The Morgan fingerprint density at radius 3 is 2.31 bits per heavy atom. The second-order valence-corrected chi connectivity index (χ2v) is 8.92. The lowest BCUT2D eigenvalue weighted by molar-refractivity contribution is -0.121. The van der Waals surface area contributed by atoms with Gasteiger partial charge in [-0.2, -0.15) is 0 Å². The monoisotopic (exact) mass is 395 g/mol. The lowest BCUT2D eigenvalue weighted by Crippen LogP contribution is -2.56. The van der Waals surface area contributed by atoms with E-state index < -0.39 is 0 Å². The van der Waals surface area contributed by atoms with Gasteiger partial charge in [0, 0.05) is 37.4 Å². The van der Waals surface area contributed by atoms with Crippen LogP contribution in [-0.4, -0.2) is 49.1 Å². The van der Waals surface area contributed by atoms with E-state index in [2.05, 4.69) is 48.8 Å². The van der Waals surface area contributed by atoms with Crippen LogP contribution >= 0.6 is 0 Å². The predicted octanol–water partition coefficient (Wildman–Crippen LogP) is 4.27. The van der Waals surface area contributed by atoms with E-state index >= 15 is 0 Å². The van der Waals surface area contributed by atoms with Crippen molar-refractivity contribution in [2.75, 3.05) is 42.5 Å². The minimum atomic E-state index is -0.208. The molecule has 0 bridgehead atoms. The Morgan fingerprint density at radius 2 is 1.62 bits per heavy atom. The van der Waals surface area contributed by atoms with Crippen molar-refractivity contribution in [1.82, 2.24) is 4.90 Å². The van der Waals surface area contributed by atoms with Crippen LogP contribution in [0.2, 0.25) is 0 Å². The molecule has 1 saturated heterocycles. The number of carbonyl (C=O) groups is 1. The first-order chi connectivity index (χ1) is 13.9. The van der Waals surface area contributed by atoms with E-state index in [-0.39, 0.29) is 17.3 Å². The number of carbonyl (C=O) groups excluding carboxylic acids is 1. The molecule has 0 spiro atoms. The van der Waals surface area contributed by atoms with Crippen molar-refractivity contribution in [3.05, 3.63) is 59.9 Å². The Balaban J connectivity index is 1.45. The Bertz CT molecular complexity index is 889. The summed E-state index contributed by atoms with van der Waals surface area (Å²) in [5.74, 6) is 0.404. The number of hydrogen-bond donors (Lipinski definition) is 0. The molecule has 2 heterocycles. The van der Waals surface area contributed by atoms with Crippen LogP contribution in [0.15, 0.2) is 48.5 Å². The summed E-state index contributed by atoms with van der Waals surface area (Å²) in [7, 11) is 0. The first-order valence-electron chi connectivity index (χ1n) is 10.5. The molecule has 4 nitrogen and oxygen atoms in total. The molecule has 0 saturated carbocycles. The largest absolute Gasteiger partial charge is 0.367 e. The highest BCUT2D eigenvalue weighted by molar-refractivity contribution is 5.97. The second kappa shape index (κ2) is 7.79. The molecule has 0 aliphatic carbocycles. The molecule has 29 heavy (non-hydrogen) atoms. The molecule has 0 N–H and O–H groups in total. The van der Waals surface area contributed by atoms with Crippen LogP contribution in [0.3, 0.4) is 0 Å². The normalized spacial score (nSPS) is 21.7. The lowest BCUT2D eigenvalue weighted by atomic mass is 9.80. The van der Waals surface area contributed by atoms with E-state index in [4.69, 9.17) is 0 Å². The molecule has 1 fully saturated rings. The van der Waals surface area contributed by atoms with Gasteiger partial charge in [-0.1, -0.05) is 37.3 Å². The van der Waals surface area contributed by atoms with Crippen molar-refractivity contribution in [3.63, 3.8) is 0 Å². The fraction of sp³-hybridized carbons (Fsp3) is 0.458. The standard InChI is InChI=1S/C24H30FN3O/c1-18-16-24(2,3)28(21-10-6-4-8-19(18)21)23(29)17-26-12-14-27(15-13-26)22-11-7-5-9-20(22)25/h4-11,18H,12-17H2,1-3H3. The third-order valence-corrected chi connectivity index (χ3v) is 6.29. The van der Waals surface area contributed by atoms with E-state index in [9.17, 15) is 9.18 Å². The van der Waals surface area contributed by atoms with Gasteiger partial charge < -0.3 is 9.80 Å². The summed E-state index contributed by atoms with van der Waals surface area (Å²) in [4.78, 5) is 19.6. The van der Waals surface area contributed by atoms with Gasteiger partial charge in [-0.25, -0.2) is 4.39 Å². The maximum Gasteiger partial charge on any atom is 0.241 e. The maximum atomic E-state index is 14.1. The summed E-state index contributed by atoms with van der Waals surface area (Å²) in [5.41, 5.74) is 2.74. The van der Waals surface area contributed by atoms with E-state index in [1.54, 1.807) is 6.07 Å². The number of halogens is 1. The van der Waals surface area contributed by atoms with Crippen LogP contribution in [-0.2, 0) is 4.79 Å². The van der Waals surface area contributed by atoms with Crippen molar-refractivity contribution >= 4 is 17.3 Å². The molecule has 0 radical (unpaired) electrons. The molecule has 4 rings (SSSR count). The fourth-order valence-electron chi connectivity index (χ4n) is 4.97. The molecule has 5 heteroatoms. The van der Waals surface area contributed by atoms with Gasteiger partial charge in [0.2, 0.25) is 5.91 Å². The average molecular weight is 396 g/mol. The summed E-state index contributed by atoms with van der Waals surface area (Å²) in [6.07, 6.45) is 0.955. The minimum Gasteiger partial charge on any atom is -0.367 e. The van der Waals surface area contributed by atoms with Gasteiger partial charge in [0.1, 0.15) is 5.82 Å². The maximum absolute atomic E-state index is 14.1. The molecular weight excluding hydrogens is 365 g/mol. The molecule has 154 valence electrons. The van der Waals surface area contributed by atoms with Gasteiger partial charge >= 0.3 is 0 Å². The van der Waals surface area contributed by atoms with Crippen molar-refractivity contribution in [2.24, 2.45) is 0 Å². The highest BCUT2D eigenvalue weighted by Crippen LogP contribution is 2.43. The highest BCUT2D eigenvalue weighted by Gasteiger charge is 2.40. The Hall–Kier alpha value is -2.40. The van der Waals surface area contributed by atoms with Gasteiger partial charge in [0.25, 0.3) is 0 Å². The van der Waals surface area contributed by atoms with Crippen LogP contribution < -0.4 is 9.80 Å². The second-order valence-electron chi connectivity index (χ2n) is 8.92. The van der Waals surface area contributed by atoms with Crippen LogP contribution in [0, 0.1) is 5.82 Å². The molecule has 2 aliphatic heterocycles. The summed E-state index contributed by atoms with van der Waals surface area (Å²) >= 11 is 0. The Labute approximate surface area is 172 Å². The molecule has 1 amide bonds. The van der Waals surface area contributed by atoms with E-state index in [1.807, 2.05) is 23.1 Å². The van der Waals surface area contributed by atoms with Crippen molar-refractivity contribution in [1.29, 1.82) is 0 Å². The zero-order chi connectivity index (χ0) is 20.6. The molecule has 2 aromatic rings. The van der Waals surface area contributed by atoms with Gasteiger partial charge in [-0.15, -0.1) is 0 Å². The summed E-state index contributed by atoms with van der Waals surface area (Å²) in [5, 5.41) is 0. The Kier molecular flexibility index (Phi) is 5.34. The zero-order valence-corrected chi connectivity index (χ0v) is 17.6. The van der Waals surface area contributed by atoms with Crippen LogP contribution in [0.4, 0.5) is 15.8 Å². The summed E-state index contributed by atoms with van der Waals surface area (Å²) < 4.78 is 14.1. The molecule has 2 aliphatic rings. The van der Waals surface area contributed by atoms with Crippen LogP contribution in [0.1, 0.15) is 38.7 Å². The number of nitrogens with zero attached hydrogens (tertiary/aromatic N) is 3. The highest BCUT2D eigenvalue weighted by atomic mass is 19.1. The minimum absolute atomic E-state index is 0.147. The van der Waals surface area contributed by atoms with Crippen LogP contribution in [0.5, 0.6) is 0 Å². The number of anilines is 2. The smallest absolute Gasteiger partial charge is 0.241 e. The van der Waals surface area contributed by atoms with E-state index in [0.29, 0.717) is 18.2 Å². The van der Waals surface area contributed by atoms with Gasteiger partial charge in [0.05, 0.1) is 12.2 Å². The number of piperazine rings is 1. The van der Waals surface area contributed by atoms with Crippen molar-refractivity contribution < 1.29 is 9.18 Å². The fourth-order valence-corrected chi connectivity index (χ4v) is 4.97. The van der Waals surface area contributed by atoms with E-state index in [0.717, 1.165) is 38.3 Å². The lowest BCUT2D eigenvalue weighted by Gasteiger charge is -2.47. The van der Waals surface area contributed by atoms with Gasteiger partial charge in [0.15, 0.2) is 0 Å². The number of fused-ring (bicyclic) bond motifs is 1. The number of hydrogen-bond acceptors (Lipinski definition) is 3. The SMILES string of the molecule is CC1CC(C)(C)N(C(=O)CN2CCN(c3ccccc3F)CC2)c2ccccc21. The summed E-state index contributed by atoms with van der Waals surface area (Å²) in [6, 6.07) is 15.2. The van der Waals surface area contributed by atoms with Gasteiger partial charge in [-0.05, 0) is 49.9 Å². The molecule has 1 atom stereocenters. The molecular formula is C24H30FN3O. The number of para-hydroxylation sites is 2. The number of benzene rings is 2. The van der Waals surface area contributed by atoms with Crippen molar-refractivity contribution in [2.45, 2.75) is 38.6 Å². The zero-order valence-electron chi connectivity index (χ0n) is 17.6. The number of rotatable bonds is 3. The first kappa shape index (κ1) is 19.9. The van der Waals surface area contributed by atoms with E-state index in [1.165, 1.54) is 11.6 Å². The van der Waals surface area contributed by atoms with Gasteiger partial charge in [-0.3, -0.25) is 9.69 Å². The topological polar surface area (TPSA) is 26.8 Å². The molecule has 0 aromatic heterocycles. The molecule has 2 aromatic carbocycles. The number of amides is 1. The Morgan fingerprint density at radius 1 is 1.00 bits per heavy atom. The third-order valence-electron chi connectivity index (χ3n) is 6.29. The third kappa shape index (κ3) is 3.88.